The minimum Gasteiger partial charge on any atom is -0.481 e. The van der Waals surface area contributed by atoms with Crippen molar-refractivity contribution in [3.05, 3.63) is 9.48 Å². The highest BCUT2D eigenvalue weighted by Gasteiger charge is 2.15. The molecule has 1 N–H and O–H groups in total. The number of halogens is 1. The average Bonchev–Trinajstić information content (AvgIpc) is 2.36. The quantitative estimate of drug-likeness (QED) is 0.885. The van der Waals surface area contributed by atoms with Crippen molar-refractivity contribution >= 4 is 33.4 Å². The molecule has 0 spiro atoms. The Bertz CT molecular complexity index is 289. The molecule has 12 heavy (non-hydrogen) atoms. The van der Waals surface area contributed by atoms with E-state index in [1.54, 1.807) is 6.92 Å². The van der Waals surface area contributed by atoms with Crippen LogP contribution in [0.1, 0.15) is 12.6 Å². The molecule has 1 heterocycles. The molecule has 0 aliphatic carbocycles. The molecular weight excluding hydrogens is 244 g/mol. The topological polar surface area (TPSA) is 63.1 Å². The summed E-state index contributed by atoms with van der Waals surface area (Å²) in [5.41, 5.74) is 0.718. The number of aromatic nitrogens is 2. The van der Waals surface area contributed by atoms with E-state index in [1.807, 2.05) is 0 Å². The lowest BCUT2D eigenvalue weighted by molar-refractivity contribution is -0.141. The van der Waals surface area contributed by atoms with E-state index in [0.717, 1.165) is 9.48 Å². The van der Waals surface area contributed by atoms with Crippen molar-refractivity contribution in [1.29, 1.82) is 0 Å². The van der Waals surface area contributed by atoms with Gasteiger partial charge in [-0.3, -0.25) is 4.79 Å². The fraction of sp³-hybridized carbons (Fsp3) is 0.500. The number of hydrogen-bond donors (Lipinski definition) is 1. The lowest BCUT2D eigenvalue weighted by Crippen LogP contribution is -2.12. The van der Waals surface area contributed by atoms with Crippen LogP contribution in [-0.4, -0.2) is 20.7 Å². The van der Waals surface area contributed by atoms with Crippen LogP contribution in [0.2, 0.25) is 0 Å². The third-order valence-electron chi connectivity index (χ3n) is 1.43. The molecule has 0 aromatic carbocycles. The van der Waals surface area contributed by atoms with Crippen molar-refractivity contribution in [2.75, 3.05) is 0 Å². The summed E-state index contributed by atoms with van der Waals surface area (Å²) in [6.45, 7) is 1.65. The number of nitrogens with zero attached hydrogens (tertiary/aromatic N) is 2. The van der Waals surface area contributed by atoms with Crippen LogP contribution in [0.25, 0.3) is 0 Å². The van der Waals surface area contributed by atoms with Gasteiger partial charge in [-0.25, -0.2) is 0 Å². The first-order chi connectivity index (χ1) is 5.61. The Morgan fingerprint density at radius 3 is 2.92 bits per heavy atom. The van der Waals surface area contributed by atoms with E-state index in [9.17, 15) is 4.79 Å². The third kappa shape index (κ3) is 2.25. The van der Waals surface area contributed by atoms with E-state index in [0.29, 0.717) is 6.42 Å². The lowest BCUT2D eigenvalue weighted by Gasteiger charge is -2.01. The summed E-state index contributed by atoms with van der Waals surface area (Å²) in [4.78, 5) is 10.5. The second kappa shape index (κ2) is 3.95. The molecule has 6 heteroatoms. The maximum Gasteiger partial charge on any atom is 0.306 e. The third-order valence-corrected chi connectivity index (χ3v) is 2.88. The van der Waals surface area contributed by atoms with Crippen LogP contribution < -0.4 is 0 Å². The van der Waals surface area contributed by atoms with Gasteiger partial charge in [-0.05, 0) is 27.5 Å². The molecule has 0 saturated carbocycles. The Balaban J connectivity index is 2.64. The predicted octanol–water partition coefficient (Wildman–Crippen LogP) is 1.56. The van der Waals surface area contributed by atoms with Crippen molar-refractivity contribution in [2.24, 2.45) is 5.92 Å². The molecule has 1 rings (SSSR count). The molecule has 0 amide bonds. The van der Waals surface area contributed by atoms with E-state index in [4.69, 9.17) is 5.11 Å². The Kier molecular flexibility index (Phi) is 3.16. The number of rotatable bonds is 3. The first-order valence-corrected chi connectivity index (χ1v) is 4.87. The van der Waals surface area contributed by atoms with E-state index >= 15 is 0 Å². The van der Waals surface area contributed by atoms with Gasteiger partial charge in [-0.2, -0.15) is 0 Å². The molecule has 1 unspecified atom stereocenters. The Labute approximate surface area is 81.9 Å². The second-order valence-electron chi connectivity index (χ2n) is 2.44. The normalized spacial score (nSPS) is 12.8. The van der Waals surface area contributed by atoms with Gasteiger partial charge in [0.2, 0.25) is 0 Å². The Hall–Kier alpha value is -0.490. The summed E-state index contributed by atoms with van der Waals surface area (Å²) in [6, 6.07) is 0. The summed E-state index contributed by atoms with van der Waals surface area (Å²) in [5.74, 6) is -1.22. The first-order valence-electron chi connectivity index (χ1n) is 3.30. The van der Waals surface area contributed by atoms with Crippen molar-refractivity contribution in [3.8, 4) is 0 Å². The molecule has 0 radical (unpaired) electrons. The summed E-state index contributed by atoms with van der Waals surface area (Å²) < 4.78 is 4.50. The molecule has 0 aliphatic rings. The Morgan fingerprint density at radius 2 is 2.50 bits per heavy atom. The van der Waals surface area contributed by atoms with E-state index in [1.165, 1.54) is 11.5 Å². The molecule has 0 fully saturated rings. The monoisotopic (exact) mass is 250 g/mol. The minimum absolute atomic E-state index is 0.412. The molecule has 66 valence electrons. The van der Waals surface area contributed by atoms with Gasteiger partial charge in [0.25, 0.3) is 0 Å². The second-order valence-corrected chi connectivity index (χ2v) is 4.51. The smallest absolute Gasteiger partial charge is 0.306 e. The zero-order valence-corrected chi connectivity index (χ0v) is 8.72. The van der Waals surface area contributed by atoms with Crippen LogP contribution in [0.3, 0.4) is 0 Å². The summed E-state index contributed by atoms with van der Waals surface area (Å²) in [6.07, 6.45) is 0.423. The van der Waals surface area contributed by atoms with Gasteiger partial charge in [-0.1, -0.05) is 11.4 Å². The zero-order valence-electron chi connectivity index (χ0n) is 6.32. The molecule has 0 aliphatic heterocycles. The first kappa shape index (κ1) is 9.60. The van der Waals surface area contributed by atoms with Crippen LogP contribution in [-0.2, 0) is 11.2 Å². The lowest BCUT2D eigenvalue weighted by atomic mass is 10.1. The van der Waals surface area contributed by atoms with E-state index < -0.39 is 11.9 Å². The molecule has 0 saturated heterocycles. The van der Waals surface area contributed by atoms with E-state index in [-0.39, 0.29) is 0 Å². The maximum atomic E-state index is 10.5. The van der Waals surface area contributed by atoms with Gasteiger partial charge in [0.05, 0.1) is 11.6 Å². The molecule has 4 nitrogen and oxygen atoms in total. The number of carboxylic acid groups (broad SMARTS) is 1. The van der Waals surface area contributed by atoms with Gasteiger partial charge in [0, 0.05) is 6.42 Å². The summed E-state index contributed by atoms with van der Waals surface area (Å²) in [5, 5.41) is 12.4. The SMILES string of the molecule is CC(Cc1nnsc1Br)C(=O)O. The molecule has 0 bridgehead atoms. The highest BCUT2D eigenvalue weighted by Crippen LogP contribution is 2.20. The highest BCUT2D eigenvalue weighted by atomic mass is 79.9. The largest absolute Gasteiger partial charge is 0.481 e. The summed E-state index contributed by atoms with van der Waals surface area (Å²) in [7, 11) is 0. The van der Waals surface area contributed by atoms with Gasteiger partial charge >= 0.3 is 5.97 Å². The van der Waals surface area contributed by atoms with Crippen molar-refractivity contribution < 1.29 is 9.90 Å². The van der Waals surface area contributed by atoms with Crippen molar-refractivity contribution in [3.63, 3.8) is 0 Å². The molecule has 1 aromatic rings. The van der Waals surface area contributed by atoms with Crippen LogP contribution in [0.4, 0.5) is 0 Å². The number of carbonyl (C=O) groups is 1. The van der Waals surface area contributed by atoms with Gasteiger partial charge in [-0.15, -0.1) is 5.10 Å². The summed E-state index contributed by atoms with van der Waals surface area (Å²) >= 11 is 4.47. The zero-order chi connectivity index (χ0) is 9.14. The van der Waals surface area contributed by atoms with Crippen molar-refractivity contribution in [1.82, 2.24) is 9.59 Å². The highest BCUT2D eigenvalue weighted by molar-refractivity contribution is 9.11. The van der Waals surface area contributed by atoms with Gasteiger partial charge in [0.15, 0.2) is 0 Å². The fourth-order valence-electron chi connectivity index (χ4n) is 0.696. The molecule has 1 aromatic heterocycles. The number of hydrogen-bond acceptors (Lipinski definition) is 4. The Morgan fingerprint density at radius 1 is 1.83 bits per heavy atom. The van der Waals surface area contributed by atoms with Crippen LogP contribution >= 0.6 is 27.5 Å². The van der Waals surface area contributed by atoms with Crippen LogP contribution in [0.15, 0.2) is 3.79 Å². The number of carboxylic acids is 1. The van der Waals surface area contributed by atoms with Crippen molar-refractivity contribution in [2.45, 2.75) is 13.3 Å². The molecular formula is C6H7BrN2O2S. The van der Waals surface area contributed by atoms with E-state index in [2.05, 4.69) is 25.5 Å². The number of aliphatic carboxylic acids is 1. The standard InChI is InChI=1S/C6H7BrN2O2S/c1-3(6(10)11)2-4-5(7)12-9-8-4/h3H,2H2,1H3,(H,10,11). The minimum atomic E-state index is -0.810. The van der Waals surface area contributed by atoms with Crippen LogP contribution in [0.5, 0.6) is 0 Å². The maximum absolute atomic E-state index is 10.5. The molecule has 1 atom stereocenters. The van der Waals surface area contributed by atoms with Gasteiger partial charge in [0.1, 0.15) is 3.79 Å². The predicted molar refractivity (Wildman–Crippen MR) is 48.1 cm³/mol. The van der Waals surface area contributed by atoms with Gasteiger partial charge < -0.3 is 5.11 Å². The average molecular weight is 251 g/mol. The fourth-order valence-corrected chi connectivity index (χ4v) is 1.57. The van der Waals surface area contributed by atoms with Crippen LogP contribution in [0, 0.1) is 5.92 Å².